The molecule has 0 aliphatic carbocycles. The van der Waals surface area contributed by atoms with E-state index in [1.807, 2.05) is 0 Å². The fourth-order valence-corrected chi connectivity index (χ4v) is 3.85. The van der Waals surface area contributed by atoms with Crippen molar-refractivity contribution in [3.05, 3.63) is 84.6 Å². The van der Waals surface area contributed by atoms with Gasteiger partial charge in [0, 0.05) is 41.7 Å². The van der Waals surface area contributed by atoms with E-state index in [1.165, 1.54) is 27.6 Å². The molecule has 0 radical (unpaired) electrons. The number of benzene rings is 3. The van der Waals surface area contributed by atoms with E-state index in [0.29, 0.717) is 0 Å². The summed E-state index contributed by atoms with van der Waals surface area (Å²) in [6.07, 6.45) is 0. The molecule has 0 aliphatic heterocycles. The summed E-state index contributed by atoms with van der Waals surface area (Å²) < 4.78 is 0. The summed E-state index contributed by atoms with van der Waals surface area (Å²) in [5, 5.41) is 2.47. The molecule has 0 saturated carbocycles. The quantitative estimate of drug-likeness (QED) is 0.383. The molecule has 0 fully saturated rings. The van der Waals surface area contributed by atoms with Gasteiger partial charge >= 0.3 is 0 Å². The van der Waals surface area contributed by atoms with E-state index < -0.39 is 0 Å². The van der Waals surface area contributed by atoms with Crippen LogP contribution in [-0.2, 0) is 5.41 Å². The molecule has 29 heavy (non-hydrogen) atoms. The van der Waals surface area contributed by atoms with Crippen molar-refractivity contribution in [2.75, 3.05) is 19.0 Å². The van der Waals surface area contributed by atoms with Crippen LogP contribution in [0, 0.1) is 0 Å². The molecule has 4 aromatic rings. The molecule has 1 aromatic heterocycles. The van der Waals surface area contributed by atoms with E-state index in [9.17, 15) is 0 Å². The fraction of sp³-hybridized carbons (Fsp3) is 0.222. The Bertz CT molecular complexity index is 1140. The SMILES string of the molecule is CN(C)c1ccc2c(C(C)(C)C)nc(-c3ccccc3)c(-c3ccccc3)c2c1. The highest BCUT2D eigenvalue weighted by Crippen LogP contribution is 2.41. The Hall–Kier alpha value is -3.13. The van der Waals surface area contributed by atoms with Crippen molar-refractivity contribution in [2.24, 2.45) is 0 Å². The summed E-state index contributed by atoms with van der Waals surface area (Å²) in [6, 6.07) is 27.9. The van der Waals surface area contributed by atoms with Crippen LogP contribution in [0.5, 0.6) is 0 Å². The lowest BCUT2D eigenvalue weighted by Crippen LogP contribution is -2.16. The number of anilines is 1. The molecule has 2 nitrogen and oxygen atoms in total. The number of aromatic nitrogens is 1. The van der Waals surface area contributed by atoms with Crippen molar-refractivity contribution in [2.45, 2.75) is 26.2 Å². The molecule has 146 valence electrons. The molecule has 0 unspecified atom stereocenters. The molecular weight excluding hydrogens is 352 g/mol. The Balaban J connectivity index is 2.19. The lowest BCUT2D eigenvalue weighted by atomic mass is 9.84. The van der Waals surface area contributed by atoms with E-state index in [1.54, 1.807) is 0 Å². The van der Waals surface area contributed by atoms with E-state index in [4.69, 9.17) is 4.98 Å². The number of hydrogen-bond donors (Lipinski definition) is 0. The van der Waals surface area contributed by atoms with Gasteiger partial charge in [0.05, 0.1) is 11.4 Å². The van der Waals surface area contributed by atoms with Gasteiger partial charge in [0.25, 0.3) is 0 Å². The van der Waals surface area contributed by atoms with Gasteiger partial charge in [0.1, 0.15) is 0 Å². The monoisotopic (exact) mass is 380 g/mol. The second-order valence-corrected chi connectivity index (χ2v) is 8.79. The lowest BCUT2D eigenvalue weighted by molar-refractivity contribution is 0.576. The van der Waals surface area contributed by atoms with Gasteiger partial charge in [-0.05, 0) is 23.1 Å². The van der Waals surface area contributed by atoms with Crippen LogP contribution in [0.2, 0.25) is 0 Å². The fourth-order valence-electron chi connectivity index (χ4n) is 3.85. The van der Waals surface area contributed by atoms with E-state index >= 15 is 0 Å². The van der Waals surface area contributed by atoms with Gasteiger partial charge in [-0.1, -0.05) is 87.5 Å². The van der Waals surface area contributed by atoms with Crippen LogP contribution >= 0.6 is 0 Å². The zero-order chi connectivity index (χ0) is 20.6. The van der Waals surface area contributed by atoms with Crippen LogP contribution in [0.1, 0.15) is 26.5 Å². The third-order valence-corrected chi connectivity index (χ3v) is 5.32. The van der Waals surface area contributed by atoms with Crippen LogP contribution in [0.4, 0.5) is 5.69 Å². The summed E-state index contributed by atoms with van der Waals surface area (Å²) in [5.74, 6) is 0. The van der Waals surface area contributed by atoms with Gasteiger partial charge in [0.15, 0.2) is 0 Å². The summed E-state index contributed by atoms with van der Waals surface area (Å²) in [4.78, 5) is 7.44. The minimum atomic E-state index is -0.0589. The van der Waals surface area contributed by atoms with Gasteiger partial charge in [-0.15, -0.1) is 0 Å². The number of hydrogen-bond acceptors (Lipinski definition) is 2. The first kappa shape index (κ1) is 19.2. The summed E-state index contributed by atoms with van der Waals surface area (Å²) in [6.45, 7) is 6.72. The summed E-state index contributed by atoms with van der Waals surface area (Å²) in [5.41, 5.74) is 6.86. The van der Waals surface area contributed by atoms with Gasteiger partial charge in [-0.2, -0.15) is 0 Å². The maximum absolute atomic E-state index is 5.28. The van der Waals surface area contributed by atoms with E-state index in [0.717, 1.165) is 17.0 Å². The molecule has 2 heteroatoms. The summed E-state index contributed by atoms with van der Waals surface area (Å²) >= 11 is 0. The van der Waals surface area contributed by atoms with Gasteiger partial charge in [0.2, 0.25) is 0 Å². The minimum Gasteiger partial charge on any atom is -0.378 e. The Morgan fingerprint density at radius 3 is 1.83 bits per heavy atom. The topological polar surface area (TPSA) is 16.1 Å². The largest absolute Gasteiger partial charge is 0.378 e. The Morgan fingerprint density at radius 1 is 0.690 bits per heavy atom. The lowest BCUT2D eigenvalue weighted by Gasteiger charge is -2.25. The molecule has 0 spiro atoms. The van der Waals surface area contributed by atoms with Crippen LogP contribution < -0.4 is 4.90 Å². The predicted molar refractivity (Wildman–Crippen MR) is 126 cm³/mol. The summed E-state index contributed by atoms with van der Waals surface area (Å²) in [7, 11) is 4.18. The predicted octanol–water partition coefficient (Wildman–Crippen LogP) is 6.93. The highest BCUT2D eigenvalue weighted by molar-refractivity contribution is 6.05. The van der Waals surface area contributed by atoms with Crippen molar-refractivity contribution in [3.8, 4) is 22.4 Å². The highest BCUT2D eigenvalue weighted by atomic mass is 15.1. The number of nitrogens with zero attached hydrogens (tertiary/aromatic N) is 2. The smallest absolute Gasteiger partial charge is 0.0790 e. The third-order valence-electron chi connectivity index (χ3n) is 5.32. The van der Waals surface area contributed by atoms with Crippen LogP contribution in [0.15, 0.2) is 78.9 Å². The second-order valence-electron chi connectivity index (χ2n) is 8.79. The van der Waals surface area contributed by atoms with Gasteiger partial charge in [-0.25, -0.2) is 0 Å². The first-order chi connectivity index (χ1) is 13.9. The van der Waals surface area contributed by atoms with Crippen molar-refractivity contribution < 1.29 is 0 Å². The van der Waals surface area contributed by atoms with Crippen LogP contribution in [0.25, 0.3) is 33.2 Å². The number of pyridine rings is 1. The molecule has 0 amide bonds. The van der Waals surface area contributed by atoms with Crippen LogP contribution in [0.3, 0.4) is 0 Å². The second kappa shape index (κ2) is 7.36. The Kier molecular flexibility index (Phi) is 4.87. The number of rotatable bonds is 3. The molecule has 0 atom stereocenters. The van der Waals surface area contributed by atoms with Gasteiger partial charge < -0.3 is 4.90 Å². The first-order valence-electron chi connectivity index (χ1n) is 10.1. The van der Waals surface area contributed by atoms with Crippen molar-refractivity contribution in [1.29, 1.82) is 0 Å². The molecule has 3 aromatic carbocycles. The molecule has 0 N–H and O–H groups in total. The normalized spacial score (nSPS) is 11.6. The Labute approximate surface area is 173 Å². The van der Waals surface area contributed by atoms with Gasteiger partial charge in [-0.3, -0.25) is 4.98 Å². The maximum Gasteiger partial charge on any atom is 0.0790 e. The zero-order valence-corrected chi connectivity index (χ0v) is 17.9. The molecule has 4 rings (SSSR count). The molecule has 0 saturated heterocycles. The first-order valence-corrected chi connectivity index (χ1v) is 10.1. The van der Waals surface area contributed by atoms with Crippen LogP contribution in [-0.4, -0.2) is 19.1 Å². The number of fused-ring (bicyclic) bond motifs is 1. The molecule has 1 heterocycles. The van der Waals surface area contributed by atoms with Crippen molar-refractivity contribution in [1.82, 2.24) is 4.98 Å². The van der Waals surface area contributed by atoms with E-state index in [2.05, 4.69) is 119 Å². The average molecular weight is 381 g/mol. The minimum absolute atomic E-state index is 0.0589. The Morgan fingerprint density at radius 2 is 1.28 bits per heavy atom. The zero-order valence-electron chi connectivity index (χ0n) is 17.9. The standard InChI is InChI=1S/C27H28N2/c1-27(2,3)26-22-17-16-21(29(4)5)18-23(22)24(19-12-8-6-9-13-19)25(28-26)20-14-10-7-11-15-20/h6-18H,1-5H3. The molecule has 0 aliphatic rings. The van der Waals surface area contributed by atoms with Crippen molar-refractivity contribution in [3.63, 3.8) is 0 Å². The van der Waals surface area contributed by atoms with E-state index in [-0.39, 0.29) is 5.41 Å². The molecular formula is C27H28N2. The highest BCUT2D eigenvalue weighted by Gasteiger charge is 2.24. The molecule has 0 bridgehead atoms. The van der Waals surface area contributed by atoms with Crippen molar-refractivity contribution >= 4 is 16.5 Å². The average Bonchev–Trinajstić information content (AvgIpc) is 2.72. The third kappa shape index (κ3) is 3.63. The maximum atomic E-state index is 5.28.